The predicted octanol–water partition coefficient (Wildman–Crippen LogP) is 7.23. The maximum Gasteiger partial charge on any atom is 0.213 e. The van der Waals surface area contributed by atoms with E-state index in [-0.39, 0.29) is 18.5 Å². The van der Waals surface area contributed by atoms with Crippen LogP contribution in [0.4, 0.5) is 0 Å². The van der Waals surface area contributed by atoms with Crippen LogP contribution in [0.5, 0.6) is 5.88 Å². The summed E-state index contributed by atoms with van der Waals surface area (Å²) in [5.41, 5.74) is 4.59. The summed E-state index contributed by atoms with van der Waals surface area (Å²) in [4.78, 5) is 8.89. The summed E-state index contributed by atoms with van der Waals surface area (Å²) >= 11 is 0. The molecule has 2 fully saturated rings. The van der Waals surface area contributed by atoms with Crippen LogP contribution in [0.2, 0.25) is 0 Å². The molecule has 3 aromatic heterocycles. The van der Waals surface area contributed by atoms with Crippen LogP contribution in [-0.2, 0) is 26.0 Å². The van der Waals surface area contributed by atoms with Crippen molar-refractivity contribution in [3.8, 4) is 17.0 Å². The lowest BCUT2D eigenvalue weighted by atomic mass is 9.92. The van der Waals surface area contributed by atoms with Crippen molar-refractivity contribution >= 4 is 21.8 Å². The van der Waals surface area contributed by atoms with Gasteiger partial charge in [0.05, 0.1) is 11.6 Å². The summed E-state index contributed by atoms with van der Waals surface area (Å²) in [5, 5.41) is 2.39. The molecule has 0 bridgehead atoms. The first-order valence-electron chi connectivity index (χ1n) is 16.1. The number of hydrogen-bond acceptors (Lipinski definition) is 7. The second kappa shape index (κ2) is 15.1. The number of hydrogen-bond donors (Lipinski definition) is 0. The van der Waals surface area contributed by atoms with Gasteiger partial charge >= 0.3 is 0 Å². The molecule has 4 aromatic rings. The van der Waals surface area contributed by atoms with E-state index in [0.717, 1.165) is 95.5 Å². The third-order valence-electron chi connectivity index (χ3n) is 8.63. The normalized spacial score (nSPS) is 20.4. The first-order valence-corrected chi connectivity index (χ1v) is 16.1. The molecule has 0 N–H and O–H groups in total. The van der Waals surface area contributed by atoms with Gasteiger partial charge in [-0.2, -0.15) is 0 Å². The average molecular weight is 588 g/mol. The maximum absolute atomic E-state index is 6.10. The zero-order chi connectivity index (χ0) is 29.3. The Balaban J connectivity index is 0.810. The summed E-state index contributed by atoms with van der Waals surface area (Å²) in [7, 11) is 2.10. The van der Waals surface area contributed by atoms with E-state index in [9.17, 15) is 0 Å². The van der Waals surface area contributed by atoms with E-state index in [1.807, 2.05) is 24.7 Å². The summed E-state index contributed by atoms with van der Waals surface area (Å²) in [6.45, 7) is 4.06. The molecule has 0 spiro atoms. The Morgan fingerprint density at radius 2 is 1.60 bits per heavy atom. The molecule has 1 aliphatic heterocycles. The Morgan fingerprint density at radius 3 is 2.44 bits per heavy atom. The summed E-state index contributed by atoms with van der Waals surface area (Å²) in [5.74, 6) is 0.673. The lowest BCUT2D eigenvalue weighted by Gasteiger charge is -2.34. The van der Waals surface area contributed by atoms with Crippen LogP contribution in [0.15, 0.2) is 55.0 Å². The van der Waals surface area contributed by atoms with Crippen LogP contribution in [0, 0.1) is 0 Å². The Labute approximate surface area is 254 Å². The molecule has 1 unspecified atom stereocenters. The molecule has 4 heterocycles. The van der Waals surface area contributed by atoms with Gasteiger partial charge in [-0.05, 0) is 75.1 Å². The molecule has 1 aromatic carbocycles. The molecule has 1 saturated heterocycles. The van der Waals surface area contributed by atoms with Gasteiger partial charge in [-0.3, -0.25) is 4.98 Å². The quantitative estimate of drug-likeness (QED) is 0.128. The van der Waals surface area contributed by atoms with Gasteiger partial charge < -0.3 is 28.3 Å². The Hall–Kier alpha value is -3.04. The zero-order valence-electron chi connectivity index (χ0n) is 25.4. The highest BCUT2D eigenvalue weighted by atomic mass is 16.7. The van der Waals surface area contributed by atoms with Gasteiger partial charge in [-0.15, -0.1) is 0 Å². The van der Waals surface area contributed by atoms with E-state index in [1.165, 1.54) is 34.6 Å². The summed E-state index contributed by atoms with van der Waals surface area (Å²) < 4.78 is 31.5. The second-order valence-electron chi connectivity index (χ2n) is 11.8. The van der Waals surface area contributed by atoms with E-state index in [4.69, 9.17) is 23.7 Å². The van der Waals surface area contributed by atoms with E-state index >= 15 is 0 Å². The molecule has 0 radical (unpaired) electrons. The van der Waals surface area contributed by atoms with E-state index in [2.05, 4.69) is 51.9 Å². The molecular formula is C35H45N3O5. The fourth-order valence-corrected chi connectivity index (χ4v) is 5.97. The number of rotatable bonds is 16. The van der Waals surface area contributed by atoms with Gasteiger partial charge in [0.15, 0.2) is 6.29 Å². The standard InChI is InChI=1S/C35H45N3O5/c1-38-32-14-15-36-25-31(32)30-12-10-26(21-33(30)38)27-11-13-34(37-24-27)43-29-22-28(23-29)40-18-8-7-17-39-16-4-2-5-19-41-35-9-3-6-20-42-35/h10-15,21,24-25,28-29,35H,2-9,16-20,22-23H2,1H3/t28-,29-,35?. The van der Waals surface area contributed by atoms with Crippen molar-refractivity contribution in [2.45, 2.75) is 82.7 Å². The number of nitrogens with zero attached hydrogens (tertiary/aromatic N) is 3. The van der Waals surface area contributed by atoms with Crippen molar-refractivity contribution in [1.82, 2.24) is 14.5 Å². The van der Waals surface area contributed by atoms with Gasteiger partial charge in [0, 0.05) is 99.4 Å². The van der Waals surface area contributed by atoms with Crippen molar-refractivity contribution in [3.05, 3.63) is 55.0 Å². The molecule has 1 saturated carbocycles. The van der Waals surface area contributed by atoms with Crippen LogP contribution in [-0.4, -0.2) is 66.1 Å². The SMILES string of the molecule is Cn1c2ccncc2c2ccc(-c3ccc(O[C@H]4C[C@H](OCCCCOCCCCCOC5CCCCO5)C4)nc3)cc21. The lowest BCUT2D eigenvalue weighted by molar-refractivity contribution is -0.162. The van der Waals surface area contributed by atoms with Crippen LogP contribution in [0.3, 0.4) is 0 Å². The minimum absolute atomic E-state index is 0.0304. The van der Waals surface area contributed by atoms with Gasteiger partial charge in [-0.1, -0.05) is 12.1 Å². The van der Waals surface area contributed by atoms with Gasteiger partial charge in [-0.25, -0.2) is 4.98 Å². The van der Waals surface area contributed by atoms with Gasteiger partial charge in [0.1, 0.15) is 6.10 Å². The number of pyridine rings is 2. The molecule has 8 heteroatoms. The van der Waals surface area contributed by atoms with E-state index < -0.39 is 0 Å². The molecule has 0 amide bonds. The highest BCUT2D eigenvalue weighted by molar-refractivity contribution is 6.08. The minimum atomic E-state index is 0.0304. The number of fused-ring (bicyclic) bond motifs is 3. The topological polar surface area (TPSA) is 76.9 Å². The molecule has 230 valence electrons. The lowest BCUT2D eigenvalue weighted by Crippen LogP contribution is -2.39. The molecule has 8 nitrogen and oxygen atoms in total. The Kier molecular flexibility index (Phi) is 10.5. The van der Waals surface area contributed by atoms with Gasteiger partial charge in [0.25, 0.3) is 0 Å². The highest BCUT2D eigenvalue weighted by Crippen LogP contribution is 2.32. The largest absolute Gasteiger partial charge is 0.474 e. The summed E-state index contributed by atoms with van der Waals surface area (Å²) in [6, 6.07) is 12.7. The van der Waals surface area contributed by atoms with Crippen molar-refractivity contribution in [3.63, 3.8) is 0 Å². The van der Waals surface area contributed by atoms with Gasteiger partial charge in [0.2, 0.25) is 5.88 Å². The average Bonchev–Trinajstić information content (AvgIpc) is 3.32. The molecule has 43 heavy (non-hydrogen) atoms. The van der Waals surface area contributed by atoms with Crippen molar-refractivity contribution in [2.75, 3.05) is 33.0 Å². The molecule has 1 aliphatic carbocycles. The maximum atomic E-state index is 6.10. The Morgan fingerprint density at radius 1 is 0.791 bits per heavy atom. The zero-order valence-corrected chi connectivity index (χ0v) is 25.4. The van der Waals surface area contributed by atoms with Crippen LogP contribution in [0.25, 0.3) is 32.9 Å². The highest BCUT2D eigenvalue weighted by Gasteiger charge is 2.31. The van der Waals surface area contributed by atoms with Crippen LogP contribution in [0.1, 0.15) is 64.2 Å². The first kappa shape index (κ1) is 30.0. The fourth-order valence-electron chi connectivity index (χ4n) is 5.97. The van der Waals surface area contributed by atoms with Crippen LogP contribution >= 0.6 is 0 Å². The summed E-state index contributed by atoms with van der Waals surface area (Å²) in [6.07, 6.45) is 16.8. The third-order valence-corrected chi connectivity index (χ3v) is 8.63. The van der Waals surface area contributed by atoms with Crippen molar-refractivity contribution in [2.24, 2.45) is 7.05 Å². The minimum Gasteiger partial charge on any atom is -0.474 e. The molecule has 2 aliphatic rings. The van der Waals surface area contributed by atoms with Crippen LogP contribution < -0.4 is 4.74 Å². The number of unbranched alkanes of at least 4 members (excludes halogenated alkanes) is 3. The third kappa shape index (κ3) is 7.92. The Bertz CT molecular complexity index is 1430. The smallest absolute Gasteiger partial charge is 0.213 e. The predicted molar refractivity (Wildman–Crippen MR) is 168 cm³/mol. The number of ether oxygens (including phenoxy) is 5. The monoisotopic (exact) mass is 587 g/mol. The van der Waals surface area contributed by atoms with Crippen molar-refractivity contribution in [1.29, 1.82) is 0 Å². The van der Waals surface area contributed by atoms with Crippen molar-refractivity contribution < 1.29 is 23.7 Å². The van der Waals surface area contributed by atoms with E-state index in [0.29, 0.717) is 5.88 Å². The fraction of sp³-hybridized carbons (Fsp3) is 0.543. The van der Waals surface area contributed by atoms with E-state index in [1.54, 1.807) is 0 Å². The first-order chi connectivity index (χ1) is 21.2. The number of aryl methyl sites for hydroxylation is 1. The molecule has 1 atom stereocenters. The molecule has 6 rings (SSSR count). The second-order valence-corrected chi connectivity index (χ2v) is 11.8. The number of aromatic nitrogens is 3. The number of benzene rings is 1. The molecular weight excluding hydrogens is 542 g/mol.